The molecule has 4 rings (SSSR count). The van der Waals surface area contributed by atoms with Gasteiger partial charge in [0.1, 0.15) is 0 Å². The van der Waals surface area contributed by atoms with Gasteiger partial charge in [-0.25, -0.2) is 4.79 Å². The number of amides is 2. The quantitative estimate of drug-likeness (QED) is 0.819. The highest BCUT2D eigenvalue weighted by Gasteiger charge is 2.44. The van der Waals surface area contributed by atoms with Gasteiger partial charge >= 0.3 is 6.03 Å². The van der Waals surface area contributed by atoms with E-state index in [-0.39, 0.29) is 18.2 Å². The minimum absolute atomic E-state index is 0.0570. The molecule has 2 saturated heterocycles. The molecule has 6 nitrogen and oxygen atoms in total. The van der Waals surface area contributed by atoms with E-state index in [1.807, 2.05) is 41.6 Å². The van der Waals surface area contributed by atoms with Crippen LogP contribution in [0.5, 0.6) is 0 Å². The zero-order chi connectivity index (χ0) is 20.1. The molecule has 0 unspecified atom stereocenters. The Kier molecular flexibility index (Phi) is 6.42. The molecule has 29 heavy (non-hydrogen) atoms. The number of carbonyl (C=O) groups is 1. The summed E-state index contributed by atoms with van der Waals surface area (Å²) in [4.78, 5) is 21.3. The summed E-state index contributed by atoms with van der Waals surface area (Å²) in [7, 11) is 1.79. The van der Waals surface area contributed by atoms with E-state index in [2.05, 4.69) is 33.4 Å². The highest BCUT2D eigenvalue weighted by molar-refractivity contribution is 5.74. The summed E-state index contributed by atoms with van der Waals surface area (Å²) in [6.07, 6.45) is 6.83. The van der Waals surface area contributed by atoms with Crippen molar-refractivity contribution in [1.82, 2.24) is 20.1 Å². The normalized spacial score (nSPS) is 22.9. The Morgan fingerprint density at radius 3 is 2.66 bits per heavy atom. The number of hydrogen-bond acceptors (Lipinski definition) is 4. The largest absolute Gasteiger partial charge is 0.378 e. The van der Waals surface area contributed by atoms with E-state index in [0.29, 0.717) is 12.6 Å². The number of piperidine rings is 1. The topological polar surface area (TPSA) is 57.7 Å². The third-order valence-corrected chi connectivity index (χ3v) is 6.18. The van der Waals surface area contributed by atoms with Crippen LogP contribution in [0.1, 0.15) is 30.0 Å². The molecule has 0 saturated carbocycles. The molecule has 1 N–H and O–H groups in total. The number of ether oxygens (including phenoxy) is 1. The zero-order valence-electron chi connectivity index (χ0n) is 17.0. The van der Waals surface area contributed by atoms with Crippen molar-refractivity contribution in [3.05, 3.63) is 66.0 Å². The second-order valence-corrected chi connectivity index (χ2v) is 7.89. The van der Waals surface area contributed by atoms with Gasteiger partial charge in [-0.3, -0.25) is 9.88 Å². The number of pyridine rings is 1. The highest BCUT2D eigenvalue weighted by Crippen LogP contribution is 2.39. The molecule has 154 valence electrons. The van der Waals surface area contributed by atoms with Crippen LogP contribution in [0.2, 0.25) is 0 Å². The van der Waals surface area contributed by atoms with Crippen LogP contribution in [0.25, 0.3) is 0 Å². The van der Waals surface area contributed by atoms with Crippen molar-refractivity contribution in [3.63, 3.8) is 0 Å². The van der Waals surface area contributed by atoms with Crippen LogP contribution in [-0.2, 0) is 11.2 Å². The number of nitrogens with one attached hydrogen (secondary N) is 1. The molecule has 0 radical (unpaired) electrons. The van der Waals surface area contributed by atoms with Crippen molar-refractivity contribution < 1.29 is 9.53 Å². The smallest absolute Gasteiger partial charge is 0.317 e. The molecule has 2 aliphatic heterocycles. The molecule has 2 fully saturated rings. The third-order valence-electron chi connectivity index (χ3n) is 6.18. The van der Waals surface area contributed by atoms with Crippen LogP contribution >= 0.6 is 0 Å². The van der Waals surface area contributed by atoms with Crippen molar-refractivity contribution in [2.24, 2.45) is 0 Å². The summed E-state index contributed by atoms with van der Waals surface area (Å²) in [5, 5.41) is 3.07. The van der Waals surface area contributed by atoms with Crippen molar-refractivity contribution in [2.45, 2.75) is 37.5 Å². The first-order chi connectivity index (χ1) is 14.3. The molecule has 3 heterocycles. The lowest BCUT2D eigenvalue weighted by Crippen LogP contribution is -2.61. The zero-order valence-corrected chi connectivity index (χ0v) is 17.0. The van der Waals surface area contributed by atoms with Crippen molar-refractivity contribution in [2.75, 3.05) is 33.3 Å². The van der Waals surface area contributed by atoms with Crippen LogP contribution in [0.15, 0.2) is 54.9 Å². The lowest BCUT2D eigenvalue weighted by atomic mass is 9.88. The van der Waals surface area contributed by atoms with E-state index in [1.54, 1.807) is 7.11 Å². The van der Waals surface area contributed by atoms with Gasteiger partial charge in [-0.1, -0.05) is 36.4 Å². The van der Waals surface area contributed by atoms with E-state index >= 15 is 0 Å². The van der Waals surface area contributed by atoms with E-state index in [1.165, 1.54) is 11.1 Å². The molecular formula is C23H30N4O2. The maximum absolute atomic E-state index is 12.5. The van der Waals surface area contributed by atoms with Gasteiger partial charge in [-0.2, -0.15) is 0 Å². The van der Waals surface area contributed by atoms with E-state index in [9.17, 15) is 4.79 Å². The summed E-state index contributed by atoms with van der Waals surface area (Å²) < 4.78 is 5.67. The summed E-state index contributed by atoms with van der Waals surface area (Å²) in [5.41, 5.74) is 2.46. The van der Waals surface area contributed by atoms with Gasteiger partial charge in [-0.15, -0.1) is 0 Å². The summed E-state index contributed by atoms with van der Waals surface area (Å²) in [5.74, 6) is 0. The third kappa shape index (κ3) is 4.60. The number of rotatable bonds is 6. The fourth-order valence-corrected chi connectivity index (χ4v) is 4.50. The number of likely N-dealkylation sites (tertiary alicyclic amines) is 2. The van der Waals surface area contributed by atoms with Crippen molar-refractivity contribution in [3.8, 4) is 0 Å². The molecule has 1 aromatic heterocycles. The number of aromatic nitrogens is 1. The summed E-state index contributed by atoms with van der Waals surface area (Å²) >= 11 is 0. The fraction of sp³-hybridized carbons (Fsp3) is 0.478. The fourth-order valence-electron chi connectivity index (χ4n) is 4.50. The molecule has 0 aliphatic carbocycles. The first-order valence-corrected chi connectivity index (χ1v) is 10.5. The van der Waals surface area contributed by atoms with Crippen LogP contribution < -0.4 is 5.32 Å². The molecule has 0 bridgehead atoms. The average Bonchev–Trinajstić information content (AvgIpc) is 2.75. The number of methoxy groups -OCH3 is 1. The SMILES string of the molecule is CO[C@H]1CN(C2CCN(C(=O)NCCc3ccccc3)CC2)[C@H]1c1cccnc1. The highest BCUT2D eigenvalue weighted by atomic mass is 16.5. The second-order valence-electron chi connectivity index (χ2n) is 7.89. The maximum Gasteiger partial charge on any atom is 0.317 e. The molecule has 2 amide bonds. The van der Waals surface area contributed by atoms with Crippen LogP contribution in [0.4, 0.5) is 4.79 Å². The lowest BCUT2D eigenvalue weighted by molar-refractivity contribution is -0.115. The number of benzene rings is 1. The molecular weight excluding hydrogens is 364 g/mol. The Hall–Kier alpha value is -2.44. The van der Waals surface area contributed by atoms with Gasteiger partial charge in [0.05, 0.1) is 12.1 Å². The van der Waals surface area contributed by atoms with Gasteiger partial charge in [0.25, 0.3) is 0 Å². The average molecular weight is 395 g/mol. The van der Waals surface area contributed by atoms with E-state index < -0.39 is 0 Å². The maximum atomic E-state index is 12.5. The molecule has 2 aromatic rings. The van der Waals surface area contributed by atoms with Gasteiger partial charge in [0.15, 0.2) is 0 Å². The van der Waals surface area contributed by atoms with Gasteiger partial charge < -0.3 is 15.0 Å². The second kappa shape index (κ2) is 9.37. The van der Waals surface area contributed by atoms with Crippen LogP contribution in [-0.4, -0.2) is 66.2 Å². The van der Waals surface area contributed by atoms with Gasteiger partial charge in [0.2, 0.25) is 0 Å². The monoisotopic (exact) mass is 394 g/mol. The molecule has 0 spiro atoms. The summed E-state index contributed by atoms with van der Waals surface area (Å²) in [6.45, 7) is 3.23. The molecule has 6 heteroatoms. The minimum atomic E-state index is 0.0570. The van der Waals surface area contributed by atoms with Crippen LogP contribution in [0, 0.1) is 0 Å². The number of carbonyl (C=O) groups excluding carboxylic acids is 1. The molecule has 1 aromatic carbocycles. The number of urea groups is 1. The standard InChI is InChI=1S/C23H30N4O2/c1-29-21-17-27(22(21)19-8-5-12-24-16-19)20-10-14-26(15-11-20)23(28)25-13-9-18-6-3-2-4-7-18/h2-8,12,16,20-22H,9-11,13-15,17H2,1H3,(H,25,28)/t21-,22-/m0/s1. The number of nitrogens with zero attached hydrogens (tertiary/aromatic N) is 3. The Bertz CT molecular complexity index is 778. The Morgan fingerprint density at radius 1 is 1.17 bits per heavy atom. The number of hydrogen-bond donors (Lipinski definition) is 1. The van der Waals surface area contributed by atoms with E-state index in [4.69, 9.17) is 4.74 Å². The van der Waals surface area contributed by atoms with Crippen molar-refractivity contribution in [1.29, 1.82) is 0 Å². The lowest BCUT2D eigenvalue weighted by Gasteiger charge is -2.52. The molecule has 2 aliphatic rings. The predicted octanol–water partition coefficient (Wildman–Crippen LogP) is 2.87. The Labute approximate surface area is 172 Å². The van der Waals surface area contributed by atoms with Gasteiger partial charge in [0, 0.05) is 51.7 Å². The first-order valence-electron chi connectivity index (χ1n) is 10.5. The Morgan fingerprint density at radius 2 is 1.97 bits per heavy atom. The van der Waals surface area contributed by atoms with Crippen LogP contribution in [0.3, 0.4) is 0 Å². The molecule has 2 atom stereocenters. The van der Waals surface area contributed by atoms with Crippen molar-refractivity contribution >= 4 is 6.03 Å². The first kappa shape index (κ1) is 19.9. The Balaban J connectivity index is 1.25. The minimum Gasteiger partial charge on any atom is -0.378 e. The van der Waals surface area contributed by atoms with E-state index in [0.717, 1.165) is 38.9 Å². The predicted molar refractivity (Wildman–Crippen MR) is 113 cm³/mol. The van der Waals surface area contributed by atoms with Gasteiger partial charge in [-0.05, 0) is 36.5 Å². The summed E-state index contributed by atoms with van der Waals surface area (Å²) in [6, 6.07) is 15.2.